The molecule has 0 aliphatic carbocycles. The molecule has 0 aromatic heterocycles. The van der Waals surface area contributed by atoms with Crippen LogP contribution in [0.3, 0.4) is 0 Å². The van der Waals surface area contributed by atoms with Crippen LogP contribution in [0, 0.1) is 0 Å². The van der Waals surface area contributed by atoms with Crippen LogP contribution >= 0.6 is 24.0 Å². The van der Waals surface area contributed by atoms with E-state index in [0.29, 0.717) is 10.8 Å². The minimum atomic E-state index is -1.05. The molecule has 0 aliphatic rings. The van der Waals surface area contributed by atoms with Crippen molar-refractivity contribution in [1.29, 1.82) is 0 Å². The van der Waals surface area contributed by atoms with Crippen LogP contribution in [0.25, 0.3) is 0 Å². The third-order valence-corrected chi connectivity index (χ3v) is 1.63. The quantitative estimate of drug-likeness (QED) is 0.837. The van der Waals surface area contributed by atoms with Crippen molar-refractivity contribution in [2.45, 2.75) is 0 Å². The standard InChI is InChI=1S/C8H7ClO3.ClH/c1-12-7-3-2-5(9)4-6(7)8(10)11;/h2-4H,1H3,(H,10,11);1H. The van der Waals surface area contributed by atoms with E-state index in [1.165, 1.54) is 19.2 Å². The third kappa shape index (κ3) is 2.79. The summed E-state index contributed by atoms with van der Waals surface area (Å²) in [6, 6.07) is 4.45. The zero-order valence-corrected chi connectivity index (χ0v) is 8.35. The van der Waals surface area contributed by atoms with E-state index in [-0.39, 0.29) is 18.0 Å². The molecule has 1 rings (SSSR count). The maximum absolute atomic E-state index is 10.6. The largest absolute Gasteiger partial charge is 0.496 e. The number of methoxy groups -OCH3 is 1. The molecule has 0 saturated carbocycles. The summed E-state index contributed by atoms with van der Waals surface area (Å²) >= 11 is 5.60. The molecule has 0 unspecified atom stereocenters. The lowest BCUT2D eigenvalue weighted by Crippen LogP contribution is -1.99. The number of halogens is 2. The van der Waals surface area contributed by atoms with Crippen molar-refractivity contribution in [3.05, 3.63) is 28.8 Å². The Bertz CT molecular complexity index is 312. The lowest BCUT2D eigenvalue weighted by molar-refractivity contribution is 0.0693. The van der Waals surface area contributed by atoms with Gasteiger partial charge in [-0.2, -0.15) is 0 Å². The fourth-order valence-electron chi connectivity index (χ4n) is 0.847. The topological polar surface area (TPSA) is 46.5 Å². The fourth-order valence-corrected chi connectivity index (χ4v) is 1.02. The van der Waals surface area contributed by atoms with E-state index < -0.39 is 5.97 Å². The molecule has 0 saturated heterocycles. The average Bonchev–Trinajstić information content (AvgIpc) is 2.04. The van der Waals surface area contributed by atoms with Gasteiger partial charge in [0.2, 0.25) is 0 Å². The third-order valence-electron chi connectivity index (χ3n) is 1.39. The number of carboxylic acid groups (broad SMARTS) is 1. The highest BCUT2D eigenvalue weighted by Crippen LogP contribution is 2.22. The van der Waals surface area contributed by atoms with Gasteiger partial charge in [-0.3, -0.25) is 0 Å². The average molecular weight is 223 g/mol. The molecular formula is C8H8Cl2O3. The van der Waals surface area contributed by atoms with Crippen molar-refractivity contribution in [3.8, 4) is 5.75 Å². The highest BCUT2D eigenvalue weighted by atomic mass is 35.5. The Hall–Kier alpha value is -0.930. The molecule has 1 aromatic rings. The number of carboxylic acids is 1. The predicted octanol–water partition coefficient (Wildman–Crippen LogP) is 2.47. The van der Waals surface area contributed by atoms with E-state index in [0.717, 1.165) is 0 Å². The van der Waals surface area contributed by atoms with Gasteiger partial charge in [0, 0.05) is 5.02 Å². The van der Waals surface area contributed by atoms with Gasteiger partial charge in [0.15, 0.2) is 0 Å². The maximum Gasteiger partial charge on any atom is 0.339 e. The zero-order valence-electron chi connectivity index (χ0n) is 6.78. The molecule has 1 N–H and O–H groups in total. The van der Waals surface area contributed by atoms with Gasteiger partial charge in [-0.1, -0.05) is 11.6 Å². The number of ether oxygens (including phenoxy) is 1. The van der Waals surface area contributed by atoms with E-state index in [9.17, 15) is 4.79 Å². The molecule has 0 spiro atoms. The van der Waals surface area contributed by atoms with Crippen molar-refractivity contribution >= 4 is 30.0 Å². The Balaban J connectivity index is 0.00000144. The van der Waals surface area contributed by atoms with E-state index in [1.54, 1.807) is 6.07 Å². The maximum atomic E-state index is 10.6. The van der Waals surface area contributed by atoms with Crippen LogP contribution in [0.4, 0.5) is 0 Å². The number of hydrogen-bond acceptors (Lipinski definition) is 2. The van der Waals surface area contributed by atoms with Crippen LogP contribution in [0.1, 0.15) is 10.4 Å². The number of benzene rings is 1. The van der Waals surface area contributed by atoms with Crippen molar-refractivity contribution < 1.29 is 14.6 Å². The van der Waals surface area contributed by atoms with Crippen LogP contribution in [0.2, 0.25) is 5.02 Å². The normalized spacial score (nSPS) is 8.77. The van der Waals surface area contributed by atoms with Gasteiger partial charge in [0.1, 0.15) is 11.3 Å². The van der Waals surface area contributed by atoms with Gasteiger partial charge in [0.05, 0.1) is 7.11 Å². The first-order valence-electron chi connectivity index (χ1n) is 3.22. The summed E-state index contributed by atoms with van der Waals surface area (Å²) in [6.07, 6.45) is 0. The summed E-state index contributed by atoms with van der Waals surface area (Å²) in [7, 11) is 1.41. The lowest BCUT2D eigenvalue weighted by Gasteiger charge is -2.03. The van der Waals surface area contributed by atoms with E-state index in [2.05, 4.69) is 0 Å². The number of aromatic carboxylic acids is 1. The number of hydrogen-bond donors (Lipinski definition) is 1. The second-order valence-electron chi connectivity index (χ2n) is 2.15. The summed E-state index contributed by atoms with van der Waals surface area (Å²) in [6.45, 7) is 0. The fraction of sp³-hybridized carbons (Fsp3) is 0.125. The van der Waals surface area contributed by atoms with E-state index in [4.69, 9.17) is 21.4 Å². The minimum Gasteiger partial charge on any atom is -0.496 e. The number of rotatable bonds is 2. The van der Waals surface area contributed by atoms with Crippen molar-refractivity contribution in [2.24, 2.45) is 0 Å². The smallest absolute Gasteiger partial charge is 0.339 e. The Labute approximate surface area is 86.7 Å². The lowest BCUT2D eigenvalue weighted by atomic mass is 10.2. The molecule has 0 amide bonds. The first kappa shape index (κ1) is 12.1. The van der Waals surface area contributed by atoms with Crippen LogP contribution in [-0.4, -0.2) is 18.2 Å². The Morgan fingerprint density at radius 3 is 2.62 bits per heavy atom. The molecule has 0 atom stereocenters. The summed E-state index contributed by atoms with van der Waals surface area (Å²) in [5.41, 5.74) is 0.0741. The van der Waals surface area contributed by atoms with Crippen molar-refractivity contribution in [2.75, 3.05) is 7.11 Å². The molecule has 72 valence electrons. The van der Waals surface area contributed by atoms with Gasteiger partial charge in [-0.15, -0.1) is 12.4 Å². The molecule has 3 nitrogen and oxygen atoms in total. The molecular weight excluding hydrogens is 215 g/mol. The zero-order chi connectivity index (χ0) is 9.14. The Kier molecular flexibility index (Phi) is 4.59. The molecule has 5 heteroatoms. The minimum absolute atomic E-state index is 0. The van der Waals surface area contributed by atoms with Crippen LogP contribution in [0.15, 0.2) is 18.2 Å². The van der Waals surface area contributed by atoms with Gasteiger partial charge < -0.3 is 9.84 Å². The van der Waals surface area contributed by atoms with Crippen LogP contribution in [-0.2, 0) is 0 Å². The van der Waals surface area contributed by atoms with Gasteiger partial charge >= 0.3 is 5.97 Å². The summed E-state index contributed by atoms with van der Waals surface area (Å²) < 4.78 is 4.82. The predicted molar refractivity (Wildman–Crippen MR) is 52.2 cm³/mol. The molecule has 0 radical (unpaired) electrons. The van der Waals surface area contributed by atoms with Gasteiger partial charge in [0.25, 0.3) is 0 Å². The second-order valence-corrected chi connectivity index (χ2v) is 2.59. The highest BCUT2D eigenvalue weighted by molar-refractivity contribution is 6.31. The summed E-state index contributed by atoms with van der Waals surface area (Å²) in [5, 5.41) is 9.07. The van der Waals surface area contributed by atoms with Crippen molar-refractivity contribution in [1.82, 2.24) is 0 Å². The molecule has 1 aromatic carbocycles. The second kappa shape index (κ2) is 4.94. The first-order chi connectivity index (χ1) is 5.65. The summed E-state index contributed by atoms with van der Waals surface area (Å²) in [5.74, 6) is -0.735. The van der Waals surface area contributed by atoms with Gasteiger partial charge in [-0.05, 0) is 18.2 Å². The van der Waals surface area contributed by atoms with Crippen molar-refractivity contribution in [3.63, 3.8) is 0 Å². The molecule has 0 heterocycles. The Morgan fingerprint density at radius 2 is 2.15 bits per heavy atom. The van der Waals surface area contributed by atoms with Gasteiger partial charge in [-0.25, -0.2) is 4.79 Å². The van der Waals surface area contributed by atoms with Crippen LogP contribution in [0.5, 0.6) is 5.75 Å². The first-order valence-corrected chi connectivity index (χ1v) is 3.60. The van der Waals surface area contributed by atoms with Crippen LogP contribution < -0.4 is 4.74 Å². The van der Waals surface area contributed by atoms with E-state index >= 15 is 0 Å². The number of carbonyl (C=O) groups is 1. The SMILES string of the molecule is COc1ccc(Cl)cc1C(=O)O.Cl. The monoisotopic (exact) mass is 222 g/mol. The Morgan fingerprint density at radius 1 is 1.54 bits per heavy atom. The van der Waals surface area contributed by atoms with E-state index in [1.807, 2.05) is 0 Å². The molecule has 0 fully saturated rings. The highest BCUT2D eigenvalue weighted by Gasteiger charge is 2.10. The summed E-state index contributed by atoms with van der Waals surface area (Å²) in [4.78, 5) is 10.6. The molecule has 0 aliphatic heterocycles. The molecule has 0 bridgehead atoms. The molecule has 13 heavy (non-hydrogen) atoms.